The van der Waals surface area contributed by atoms with E-state index in [1.807, 2.05) is 78.9 Å². The van der Waals surface area contributed by atoms with E-state index in [2.05, 4.69) is 22.3 Å². The lowest BCUT2D eigenvalue weighted by Crippen LogP contribution is -2.46. The number of carbonyl (C=O) groups excluding carboxylic acids is 1. The molecule has 0 radical (unpaired) electrons. The lowest BCUT2D eigenvalue weighted by molar-refractivity contribution is -0.125. The molecular formula is C22H20N2O. The van der Waals surface area contributed by atoms with Gasteiger partial charge in [0.25, 0.3) is 5.91 Å². The number of carbonyl (C=O) groups is 1. The molecule has 25 heavy (non-hydrogen) atoms. The highest BCUT2D eigenvalue weighted by Crippen LogP contribution is 2.39. The quantitative estimate of drug-likeness (QED) is 0.795. The number of amides is 1. The summed E-state index contributed by atoms with van der Waals surface area (Å²) in [6, 6.07) is 30.4. The van der Waals surface area contributed by atoms with Gasteiger partial charge in [-0.25, -0.2) is 0 Å². The van der Waals surface area contributed by atoms with Crippen LogP contribution in [0, 0.1) is 0 Å². The second-order valence-corrected chi connectivity index (χ2v) is 6.29. The Morgan fingerprint density at radius 1 is 0.760 bits per heavy atom. The van der Waals surface area contributed by atoms with Crippen molar-refractivity contribution in [1.82, 2.24) is 10.2 Å². The second-order valence-electron chi connectivity index (χ2n) is 6.29. The maximum absolute atomic E-state index is 13.1. The van der Waals surface area contributed by atoms with Crippen molar-refractivity contribution in [3.05, 3.63) is 108 Å². The van der Waals surface area contributed by atoms with Gasteiger partial charge in [0, 0.05) is 6.54 Å². The van der Waals surface area contributed by atoms with Crippen LogP contribution in [0.4, 0.5) is 0 Å². The van der Waals surface area contributed by atoms with Gasteiger partial charge in [0.2, 0.25) is 0 Å². The van der Waals surface area contributed by atoms with Crippen molar-refractivity contribution in [3.8, 4) is 0 Å². The van der Waals surface area contributed by atoms with Crippen LogP contribution in [-0.4, -0.2) is 17.5 Å². The monoisotopic (exact) mass is 328 g/mol. The summed E-state index contributed by atoms with van der Waals surface area (Å²) in [6.07, 6.45) is 0. The van der Waals surface area contributed by atoms with Crippen molar-refractivity contribution in [2.45, 2.75) is 12.1 Å². The Hall–Kier alpha value is -2.91. The smallest absolute Gasteiger partial charge is 0.250 e. The summed E-state index contributed by atoms with van der Waals surface area (Å²) < 4.78 is 0. The molecule has 1 aliphatic rings. The van der Waals surface area contributed by atoms with Crippen LogP contribution in [-0.2, 0) is 16.9 Å². The zero-order chi connectivity index (χ0) is 17.1. The summed E-state index contributed by atoms with van der Waals surface area (Å²) in [5.74, 6) is 0.0285. The summed E-state index contributed by atoms with van der Waals surface area (Å²) in [6.45, 7) is 1.22. The zero-order valence-corrected chi connectivity index (χ0v) is 13.9. The molecular weight excluding hydrogens is 308 g/mol. The number of hydrogen-bond acceptors (Lipinski definition) is 2. The molecule has 3 aromatic rings. The first-order valence-electron chi connectivity index (χ1n) is 8.50. The molecule has 3 heteroatoms. The van der Waals surface area contributed by atoms with Crippen LogP contribution in [0.5, 0.6) is 0 Å². The van der Waals surface area contributed by atoms with Gasteiger partial charge in [-0.05, 0) is 16.7 Å². The van der Waals surface area contributed by atoms with E-state index < -0.39 is 5.54 Å². The summed E-state index contributed by atoms with van der Waals surface area (Å²) >= 11 is 0. The molecule has 0 unspecified atom stereocenters. The molecule has 1 fully saturated rings. The molecule has 1 N–H and O–H groups in total. The van der Waals surface area contributed by atoms with Crippen molar-refractivity contribution in [2.24, 2.45) is 0 Å². The molecule has 1 heterocycles. The predicted octanol–water partition coefficient (Wildman–Crippen LogP) is 3.52. The third kappa shape index (κ3) is 2.63. The van der Waals surface area contributed by atoms with Crippen LogP contribution >= 0.6 is 0 Å². The Labute approximate surface area is 147 Å². The highest BCUT2D eigenvalue weighted by molar-refractivity contribution is 5.93. The van der Waals surface area contributed by atoms with Crippen molar-refractivity contribution < 1.29 is 4.79 Å². The van der Waals surface area contributed by atoms with Crippen molar-refractivity contribution in [1.29, 1.82) is 0 Å². The molecule has 1 saturated heterocycles. The largest absolute Gasteiger partial charge is 0.341 e. The topological polar surface area (TPSA) is 32.3 Å². The minimum atomic E-state index is -0.807. The van der Waals surface area contributed by atoms with Gasteiger partial charge >= 0.3 is 0 Å². The van der Waals surface area contributed by atoms with E-state index in [0.717, 1.165) is 11.1 Å². The van der Waals surface area contributed by atoms with Gasteiger partial charge in [-0.2, -0.15) is 0 Å². The van der Waals surface area contributed by atoms with Crippen LogP contribution in [0.25, 0.3) is 0 Å². The molecule has 124 valence electrons. The molecule has 0 atom stereocenters. The average Bonchev–Trinajstić information content (AvgIpc) is 3.01. The zero-order valence-electron chi connectivity index (χ0n) is 13.9. The predicted molar refractivity (Wildman–Crippen MR) is 98.7 cm³/mol. The van der Waals surface area contributed by atoms with Crippen LogP contribution in [0.2, 0.25) is 0 Å². The van der Waals surface area contributed by atoms with Crippen LogP contribution in [0.15, 0.2) is 91.0 Å². The lowest BCUT2D eigenvalue weighted by atomic mass is 9.81. The maximum Gasteiger partial charge on any atom is 0.250 e. The molecule has 0 saturated carbocycles. The fraction of sp³-hybridized carbons (Fsp3) is 0.136. The number of hydrogen-bond donors (Lipinski definition) is 1. The van der Waals surface area contributed by atoms with Gasteiger partial charge in [0.1, 0.15) is 0 Å². The molecule has 3 nitrogen and oxygen atoms in total. The Morgan fingerprint density at radius 2 is 1.24 bits per heavy atom. The molecule has 0 aromatic heterocycles. The standard InChI is InChI=1S/C22H20N2O/c25-21-22(19-12-6-2-7-13-19,20-14-8-3-9-15-20)24(17-23-21)16-18-10-4-1-5-11-18/h1-15H,16-17H2,(H,23,25). The molecule has 3 aromatic carbocycles. The van der Waals surface area contributed by atoms with Crippen molar-refractivity contribution in [2.75, 3.05) is 6.67 Å². The van der Waals surface area contributed by atoms with E-state index in [4.69, 9.17) is 0 Å². The number of rotatable bonds is 4. The number of nitrogens with zero attached hydrogens (tertiary/aromatic N) is 1. The van der Waals surface area contributed by atoms with Gasteiger partial charge in [-0.15, -0.1) is 0 Å². The molecule has 0 aliphatic carbocycles. The Balaban J connectivity index is 1.87. The van der Waals surface area contributed by atoms with E-state index >= 15 is 0 Å². The molecule has 0 bridgehead atoms. The van der Waals surface area contributed by atoms with Gasteiger partial charge in [0.05, 0.1) is 6.67 Å². The fourth-order valence-electron chi connectivity index (χ4n) is 3.69. The second kappa shape index (κ2) is 6.54. The Bertz CT molecular complexity index is 807. The highest BCUT2D eigenvalue weighted by atomic mass is 16.2. The summed E-state index contributed by atoms with van der Waals surface area (Å²) in [5, 5.41) is 3.06. The third-order valence-corrected chi connectivity index (χ3v) is 4.83. The van der Waals surface area contributed by atoms with Crippen molar-refractivity contribution in [3.63, 3.8) is 0 Å². The van der Waals surface area contributed by atoms with Gasteiger partial charge < -0.3 is 5.32 Å². The Morgan fingerprint density at radius 3 is 1.76 bits per heavy atom. The van der Waals surface area contributed by atoms with E-state index in [1.54, 1.807) is 0 Å². The summed E-state index contributed by atoms with van der Waals surface area (Å²) in [7, 11) is 0. The van der Waals surface area contributed by atoms with E-state index in [0.29, 0.717) is 13.2 Å². The van der Waals surface area contributed by atoms with Crippen LogP contribution in [0.1, 0.15) is 16.7 Å². The molecule has 1 aliphatic heterocycles. The average molecular weight is 328 g/mol. The lowest BCUT2D eigenvalue weighted by Gasteiger charge is -2.36. The maximum atomic E-state index is 13.1. The number of benzene rings is 3. The number of nitrogens with one attached hydrogen (secondary N) is 1. The Kier molecular flexibility index (Phi) is 4.08. The normalized spacial score (nSPS) is 16.6. The van der Waals surface area contributed by atoms with Crippen LogP contribution in [0.3, 0.4) is 0 Å². The SMILES string of the molecule is O=C1NCN(Cc2ccccc2)C1(c1ccccc1)c1ccccc1. The summed E-state index contributed by atoms with van der Waals surface area (Å²) in [5.41, 5.74) is 2.37. The minimum absolute atomic E-state index is 0.0285. The van der Waals surface area contributed by atoms with Crippen molar-refractivity contribution >= 4 is 5.91 Å². The van der Waals surface area contributed by atoms with Gasteiger partial charge in [-0.3, -0.25) is 9.69 Å². The first-order chi connectivity index (χ1) is 12.3. The van der Waals surface area contributed by atoms with Gasteiger partial charge in [-0.1, -0.05) is 91.0 Å². The fourth-order valence-corrected chi connectivity index (χ4v) is 3.69. The van der Waals surface area contributed by atoms with E-state index in [9.17, 15) is 4.79 Å². The third-order valence-electron chi connectivity index (χ3n) is 4.83. The summed E-state index contributed by atoms with van der Waals surface area (Å²) in [4.78, 5) is 15.4. The van der Waals surface area contributed by atoms with E-state index in [1.165, 1.54) is 5.56 Å². The van der Waals surface area contributed by atoms with E-state index in [-0.39, 0.29) is 5.91 Å². The first kappa shape index (κ1) is 15.6. The first-order valence-corrected chi connectivity index (χ1v) is 8.50. The highest BCUT2D eigenvalue weighted by Gasteiger charge is 2.51. The molecule has 0 spiro atoms. The molecule has 4 rings (SSSR count). The molecule has 1 amide bonds. The van der Waals surface area contributed by atoms with Gasteiger partial charge in [0.15, 0.2) is 5.54 Å². The minimum Gasteiger partial charge on any atom is -0.341 e. The van der Waals surface area contributed by atoms with Crippen LogP contribution < -0.4 is 5.32 Å².